The largest absolute Gasteiger partial charge is 0.446 e. The number of thiol groups is 1. The fraction of sp³-hybridized carbons (Fsp3) is 0.385. The van der Waals surface area contributed by atoms with Crippen LogP contribution in [0.2, 0.25) is 0 Å². The van der Waals surface area contributed by atoms with E-state index in [4.69, 9.17) is 4.74 Å². The van der Waals surface area contributed by atoms with Gasteiger partial charge >= 0.3 is 6.09 Å². The van der Waals surface area contributed by atoms with Crippen molar-refractivity contribution in [3.63, 3.8) is 0 Å². The molecule has 1 aliphatic carbocycles. The Kier molecular flexibility index (Phi) is 4.25. The summed E-state index contributed by atoms with van der Waals surface area (Å²) in [7, 11) is 0. The predicted molar refractivity (Wildman–Crippen MR) is 70.8 cm³/mol. The molecule has 18 heavy (non-hydrogen) atoms. The predicted octanol–water partition coefficient (Wildman–Crippen LogP) is 2.40. The Morgan fingerprint density at radius 2 is 1.94 bits per heavy atom. The Hall–Kier alpha value is -1.49. The zero-order valence-electron chi connectivity index (χ0n) is 9.83. The van der Waals surface area contributed by atoms with Crippen molar-refractivity contribution in [2.24, 2.45) is 0 Å². The summed E-state index contributed by atoms with van der Waals surface area (Å²) in [6.45, 7) is 0. The number of rotatable bonds is 2. The molecule has 2 amide bonds. The van der Waals surface area contributed by atoms with Gasteiger partial charge in [-0.15, -0.1) is 0 Å². The number of hydrogen-bond donors (Lipinski definition) is 2. The molecule has 1 aromatic carbocycles. The van der Waals surface area contributed by atoms with Crippen LogP contribution in [0.3, 0.4) is 0 Å². The molecule has 1 saturated carbocycles. The van der Waals surface area contributed by atoms with Crippen molar-refractivity contribution in [1.82, 2.24) is 5.32 Å². The van der Waals surface area contributed by atoms with Crippen molar-refractivity contribution in [3.05, 3.63) is 35.9 Å². The molecule has 4 nitrogen and oxygen atoms in total. The number of ether oxygens (including phenoxy) is 1. The fourth-order valence-electron chi connectivity index (χ4n) is 1.96. The molecular weight excluding hydrogens is 250 g/mol. The topological polar surface area (TPSA) is 55.4 Å². The van der Waals surface area contributed by atoms with Gasteiger partial charge in [-0.25, -0.2) is 4.79 Å². The van der Waals surface area contributed by atoms with Crippen LogP contribution in [0.1, 0.15) is 29.6 Å². The van der Waals surface area contributed by atoms with Crippen LogP contribution >= 0.6 is 12.6 Å². The number of carbonyl (C=O) groups is 2. The summed E-state index contributed by atoms with van der Waals surface area (Å²) >= 11 is 4.32. The average Bonchev–Trinajstić information content (AvgIpc) is 2.75. The van der Waals surface area contributed by atoms with E-state index in [1.165, 1.54) is 0 Å². The summed E-state index contributed by atoms with van der Waals surface area (Å²) in [5, 5.41) is 2.50. The lowest BCUT2D eigenvalue weighted by Gasteiger charge is -2.11. The molecule has 96 valence electrons. The van der Waals surface area contributed by atoms with Gasteiger partial charge in [-0.2, -0.15) is 12.6 Å². The van der Waals surface area contributed by atoms with Crippen molar-refractivity contribution in [1.29, 1.82) is 0 Å². The Morgan fingerprint density at radius 3 is 2.56 bits per heavy atom. The summed E-state index contributed by atoms with van der Waals surface area (Å²) in [6, 6.07) is 8.57. The Morgan fingerprint density at radius 1 is 1.22 bits per heavy atom. The lowest BCUT2D eigenvalue weighted by atomic mass is 10.2. The van der Waals surface area contributed by atoms with Crippen LogP contribution in [0.15, 0.2) is 30.3 Å². The molecule has 2 rings (SSSR count). The minimum Gasteiger partial charge on any atom is -0.446 e. The first-order valence-electron chi connectivity index (χ1n) is 5.90. The molecule has 5 heteroatoms. The minimum atomic E-state index is -0.684. The van der Waals surface area contributed by atoms with Crippen LogP contribution in [0.4, 0.5) is 4.79 Å². The molecule has 0 bridgehead atoms. The number of nitrogens with one attached hydrogen (secondary N) is 1. The van der Waals surface area contributed by atoms with Crippen molar-refractivity contribution < 1.29 is 14.3 Å². The Balaban J connectivity index is 1.83. The summed E-state index contributed by atoms with van der Waals surface area (Å²) in [6.07, 6.45) is 1.68. The summed E-state index contributed by atoms with van der Waals surface area (Å²) in [5.41, 5.74) is 0.438. The van der Waals surface area contributed by atoms with E-state index in [0.29, 0.717) is 5.56 Å². The highest BCUT2D eigenvalue weighted by Gasteiger charge is 2.25. The van der Waals surface area contributed by atoms with Crippen LogP contribution in [-0.4, -0.2) is 23.4 Å². The maximum atomic E-state index is 11.7. The number of benzene rings is 1. The number of alkyl carbamates (subject to hydrolysis) is 1. The van der Waals surface area contributed by atoms with Crippen LogP contribution in [0.25, 0.3) is 0 Å². The van der Waals surface area contributed by atoms with Crippen LogP contribution in [0, 0.1) is 0 Å². The first-order valence-corrected chi connectivity index (χ1v) is 6.42. The molecule has 0 aromatic heterocycles. The van der Waals surface area contributed by atoms with E-state index in [1.54, 1.807) is 30.3 Å². The summed E-state index contributed by atoms with van der Waals surface area (Å²) in [5.74, 6) is -0.443. The van der Waals surface area contributed by atoms with Gasteiger partial charge in [0.05, 0.1) is 0 Å². The second-order valence-electron chi connectivity index (χ2n) is 4.31. The van der Waals surface area contributed by atoms with Gasteiger partial charge < -0.3 is 4.74 Å². The first kappa shape index (κ1) is 13.0. The lowest BCUT2D eigenvalue weighted by molar-refractivity contribution is 0.0834. The normalized spacial score (nSPS) is 22.5. The zero-order chi connectivity index (χ0) is 13.0. The minimum absolute atomic E-state index is 0.129. The summed E-state index contributed by atoms with van der Waals surface area (Å²) < 4.78 is 5.15. The molecular formula is C13H15NO3S. The van der Waals surface area contributed by atoms with Crippen molar-refractivity contribution in [2.75, 3.05) is 0 Å². The van der Waals surface area contributed by atoms with E-state index >= 15 is 0 Å². The van der Waals surface area contributed by atoms with Crippen molar-refractivity contribution >= 4 is 24.6 Å². The monoisotopic (exact) mass is 265 g/mol. The maximum Gasteiger partial charge on any atom is 0.414 e. The van der Waals surface area contributed by atoms with Gasteiger partial charge in [0.15, 0.2) is 0 Å². The molecule has 2 atom stereocenters. The van der Waals surface area contributed by atoms with E-state index in [2.05, 4.69) is 17.9 Å². The number of imide groups is 1. The van der Waals surface area contributed by atoms with Gasteiger partial charge in [0, 0.05) is 10.8 Å². The quantitative estimate of drug-likeness (QED) is 0.807. The molecule has 0 spiro atoms. The number of hydrogen-bond acceptors (Lipinski definition) is 4. The third-order valence-corrected chi connectivity index (χ3v) is 3.35. The molecule has 0 saturated heterocycles. The smallest absolute Gasteiger partial charge is 0.414 e. The van der Waals surface area contributed by atoms with E-state index in [9.17, 15) is 9.59 Å². The molecule has 0 radical (unpaired) electrons. The van der Waals surface area contributed by atoms with Gasteiger partial charge in [0.2, 0.25) is 0 Å². The third kappa shape index (κ3) is 3.50. The average molecular weight is 265 g/mol. The second-order valence-corrected chi connectivity index (χ2v) is 5.04. The highest BCUT2D eigenvalue weighted by molar-refractivity contribution is 7.80. The van der Waals surface area contributed by atoms with Crippen LogP contribution in [0.5, 0.6) is 0 Å². The standard InChI is InChI=1S/C13H15NO3S/c15-12(9-4-2-1-3-5-9)14-13(16)17-10-6-7-11(18)8-10/h1-5,10-11,18H,6-8H2,(H,14,15,16)/t10-,11+/m0/s1. The lowest BCUT2D eigenvalue weighted by Crippen LogP contribution is -2.33. The van der Waals surface area contributed by atoms with E-state index < -0.39 is 12.0 Å². The van der Waals surface area contributed by atoms with Gasteiger partial charge in [0.25, 0.3) is 5.91 Å². The molecule has 1 aromatic rings. The summed E-state index contributed by atoms with van der Waals surface area (Å²) in [4.78, 5) is 23.2. The van der Waals surface area contributed by atoms with E-state index in [0.717, 1.165) is 19.3 Å². The maximum absolute atomic E-state index is 11.7. The molecule has 0 aliphatic heterocycles. The van der Waals surface area contributed by atoms with Crippen molar-refractivity contribution in [2.45, 2.75) is 30.6 Å². The second kappa shape index (κ2) is 5.91. The Bertz CT molecular complexity index is 435. The highest BCUT2D eigenvalue weighted by atomic mass is 32.1. The van der Waals surface area contributed by atoms with Crippen LogP contribution < -0.4 is 5.32 Å². The molecule has 1 fully saturated rings. The Labute approximate surface area is 111 Å². The SMILES string of the molecule is O=C(NC(=O)c1ccccc1)O[C@H]1CC[C@@H](S)C1. The molecule has 0 heterocycles. The third-order valence-electron chi connectivity index (χ3n) is 2.88. The van der Waals surface area contributed by atoms with Gasteiger partial charge in [-0.1, -0.05) is 18.2 Å². The highest BCUT2D eigenvalue weighted by Crippen LogP contribution is 2.25. The first-order chi connectivity index (χ1) is 8.65. The number of carbonyl (C=O) groups excluding carboxylic acids is 2. The fourth-order valence-corrected chi connectivity index (χ4v) is 2.34. The van der Waals surface area contributed by atoms with Crippen molar-refractivity contribution in [3.8, 4) is 0 Å². The molecule has 1 aliphatic rings. The molecule has 1 N–H and O–H groups in total. The van der Waals surface area contributed by atoms with Gasteiger partial charge in [-0.3, -0.25) is 10.1 Å². The molecule has 0 unspecified atom stereocenters. The van der Waals surface area contributed by atoms with Crippen LogP contribution in [-0.2, 0) is 4.74 Å². The number of amides is 2. The van der Waals surface area contributed by atoms with E-state index in [1.807, 2.05) is 0 Å². The zero-order valence-corrected chi connectivity index (χ0v) is 10.7. The van der Waals surface area contributed by atoms with E-state index in [-0.39, 0.29) is 11.4 Å². The van der Waals surface area contributed by atoms with Gasteiger partial charge in [0.1, 0.15) is 6.10 Å². The van der Waals surface area contributed by atoms with Gasteiger partial charge in [-0.05, 0) is 31.4 Å².